The fourth-order valence-electron chi connectivity index (χ4n) is 2.74. The fourth-order valence-corrected chi connectivity index (χ4v) is 2.86. The van der Waals surface area contributed by atoms with E-state index in [0.29, 0.717) is 12.1 Å². The zero-order chi connectivity index (χ0) is 19.3. The maximum atomic E-state index is 13.9. The van der Waals surface area contributed by atoms with Crippen molar-refractivity contribution < 1.29 is 18.7 Å². The van der Waals surface area contributed by atoms with E-state index in [-0.39, 0.29) is 30.6 Å². The van der Waals surface area contributed by atoms with Gasteiger partial charge in [-0.2, -0.15) is 0 Å². The quantitative estimate of drug-likeness (QED) is 0.429. The summed E-state index contributed by atoms with van der Waals surface area (Å²) in [5, 5.41) is 3.64. The van der Waals surface area contributed by atoms with Crippen LogP contribution in [0.2, 0.25) is 5.02 Å². The van der Waals surface area contributed by atoms with Crippen LogP contribution in [0.25, 0.3) is 10.4 Å². The van der Waals surface area contributed by atoms with E-state index >= 15 is 0 Å². The van der Waals surface area contributed by atoms with Crippen molar-refractivity contribution in [3.63, 3.8) is 0 Å². The number of amides is 1. The van der Waals surface area contributed by atoms with E-state index in [1.807, 2.05) is 0 Å². The molecule has 0 N–H and O–H groups in total. The molecule has 1 aliphatic rings. The van der Waals surface area contributed by atoms with E-state index in [1.54, 1.807) is 26.8 Å². The predicted octanol–water partition coefficient (Wildman–Crippen LogP) is 4.71. The van der Waals surface area contributed by atoms with Crippen LogP contribution in [0, 0.1) is 11.7 Å². The molecule has 26 heavy (non-hydrogen) atoms. The van der Waals surface area contributed by atoms with Gasteiger partial charge in [-0.05, 0) is 44.0 Å². The first-order valence-corrected chi connectivity index (χ1v) is 8.64. The van der Waals surface area contributed by atoms with Crippen LogP contribution in [-0.4, -0.2) is 42.8 Å². The summed E-state index contributed by atoms with van der Waals surface area (Å²) in [5.74, 6) is -0.898. The predicted molar refractivity (Wildman–Crippen MR) is 95.4 cm³/mol. The molecule has 142 valence electrons. The highest BCUT2D eigenvalue weighted by Gasteiger charge is 2.33. The van der Waals surface area contributed by atoms with Crippen molar-refractivity contribution in [1.29, 1.82) is 0 Å². The van der Waals surface area contributed by atoms with Gasteiger partial charge >= 0.3 is 6.09 Å². The number of hydrogen-bond acceptors (Lipinski definition) is 4. The fraction of sp³-hybridized carbons (Fsp3) is 0.588. The molecule has 7 nitrogen and oxygen atoms in total. The van der Waals surface area contributed by atoms with Gasteiger partial charge in [0.1, 0.15) is 11.4 Å². The summed E-state index contributed by atoms with van der Waals surface area (Å²) in [4.78, 5) is 16.7. The molecule has 0 unspecified atom stereocenters. The molecule has 0 bridgehead atoms. The van der Waals surface area contributed by atoms with Gasteiger partial charge in [0.15, 0.2) is 0 Å². The Labute approximate surface area is 156 Å². The normalized spacial score (nSPS) is 20.9. The van der Waals surface area contributed by atoms with Crippen molar-refractivity contribution in [1.82, 2.24) is 4.90 Å². The number of carbonyl (C=O) groups excluding carboxylic acids is 1. The Morgan fingerprint density at radius 3 is 2.88 bits per heavy atom. The molecule has 1 aliphatic heterocycles. The molecular formula is C17H22ClFN4O3. The molecule has 0 saturated carbocycles. The summed E-state index contributed by atoms with van der Waals surface area (Å²) >= 11 is 5.75. The summed E-state index contributed by atoms with van der Waals surface area (Å²) in [6.45, 7) is 6.31. The standard InChI is InChI=1S/C17H22ClFN4O3/c1-17(2,3)26-16(24)23-6-7-25-15(12(10-23)9-21-22-20)11-4-5-13(18)14(19)8-11/h4-5,8,12,15H,6-7,9-10H2,1-3H3/t12-,15+/m1/s1. The molecule has 1 aromatic carbocycles. The smallest absolute Gasteiger partial charge is 0.410 e. The van der Waals surface area contributed by atoms with Crippen LogP contribution >= 0.6 is 11.6 Å². The Hall–Kier alpha value is -2.02. The second kappa shape index (κ2) is 8.58. The minimum Gasteiger partial charge on any atom is -0.444 e. The van der Waals surface area contributed by atoms with Crippen molar-refractivity contribution >= 4 is 17.7 Å². The molecule has 2 atom stereocenters. The van der Waals surface area contributed by atoms with Crippen LogP contribution in [0.15, 0.2) is 23.3 Å². The molecule has 1 amide bonds. The summed E-state index contributed by atoms with van der Waals surface area (Å²) in [7, 11) is 0. The monoisotopic (exact) mass is 384 g/mol. The summed E-state index contributed by atoms with van der Waals surface area (Å²) in [6, 6.07) is 4.43. The van der Waals surface area contributed by atoms with Gasteiger partial charge in [-0.25, -0.2) is 9.18 Å². The molecular weight excluding hydrogens is 363 g/mol. The molecule has 0 radical (unpaired) electrons. The first-order chi connectivity index (χ1) is 12.2. The highest BCUT2D eigenvalue weighted by atomic mass is 35.5. The highest BCUT2D eigenvalue weighted by molar-refractivity contribution is 6.30. The third kappa shape index (κ3) is 5.49. The van der Waals surface area contributed by atoms with Crippen molar-refractivity contribution in [2.75, 3.05) is 26.2 Å². The Balaban J connectivity index is 2.25. The van der Waals surface area contributed by atoms with Gasteiger partial charge < -0.3 is 14.4 Å². The maximum Gasteiger partial charge on any atom is 0.410 e. The Kier molecular flexibility index (Phi) is 6.69. The van der Waals surface area contributed by atoms with Gasteiger partial charge in [0.2, 0.25) is 0 Å². The van der Waals surface area contributed by atoms with Gasteiger partial charge in [0.25, 0.3) is 0 Å². The third-order valence-corrected chi connectivity index (χ3v) is 4.15. The van der Waals surface area contributed by atoms with Crippen LogP contribution in [0.4, 0.5) is 9.18 Å². The largest absolute Gasteiger partial charge is 0.444 e. The topological polar surface area (TPSA) is 87.5 Å². The number of rotatable bonds is 3. The number of hydrogen-bond donors (Lipinski definition) is 0. The molecule has 2 rings (SSSR count). The molecule has 1 fully saturated rings. The first-order valence-electron chi connectivity index (χ1n) is 8.26. The summed E-state index contributed by atoms with van der Waals surface area (Å²) in [6.07, 6.45) is -0.991. The van der Waals surface area contributed by atoms with E-state index in [4.69, 9.17) is 26.6 Å². The number of ether oxygens (including phenoxy) is 2. The van der Waals surface area contributed by atoms with Crippen molar-refractivity contribution in [2.45, 2.75) is 32.5 Å². The van der Waals surface area contributed by atoms with Gasteiger partial charge in [0.05, 0.1) is 17.7 Å². The second-order valence-electron chi connectivity index (χ2n) is 7.06. The molecule has 1 saturated heterocycles. The zero-order valence-corrected chi connectivity index (χ0v) is 15.7. The summed E-state index contributed by atoms with van der Waals surface area (Å²) in [5.41, 5.74) is 8.63. The van der Waals surface area contributed by atoms with Crippen molar-refractivity contribution in [2.24, 2.45) is 11.0 Å². The second-order valence-corrected chi connectivity index (χ2v) is 7.47. The van der Waals surface area contributed by atoms with Crippen LogP contribution in [-0.2, 0) is 9.47 Å². The van der Waals surface area contributed by atoms with Crippen LogP contribution in [0.5, 0.6) is 0 Å². The molecule has 0 aromatic heterocycles. The minimum atomic E-state index is -0.622. The van der Waals surface area contributed by atoms with E-state index in [1.165, 1.54) is 17.0 Å². The molecule has 0 aliphatic carbocycles. The van der Waals surface area contributed by atoms with Crippen molar-refractivity contribution in [3.8, 4) is 0 Å². The zero-order valence-electron chi connectivity index (χ0n) is 15.0. The Morgan fingerprint density at radius 2 is 2.27 bits per heavy atom. The molecule has 9 heteroatoms. The number of benzene rings is 1. The Bertz CT molecular complexity index is 704. The van der Waals surface area contributed by atoms with E-state index in [0.717, 1.165) is 0 Å². The molecule has 1 aromatic rings. The van der Waals surface area contributed by atoms with Gasteiger partial charge in [-0.15, -0.1) is 0 Å². The van der Waals surface area contributed by atoms with Gasteiger partial charge in [-0.3, -0.25) is 0 Å². The van der Waals surface area contributed by atoms with Gasteiger partial charge in [0, 0.05) is 30.5 Å². The van der Waals surface area contributed by atoms with Gasteiger partial charge in [-0.1, -0.05) is 22.8 Å². The van der Waals surface area contributed by atoms with E-state index < -0.39 is 23.6 Å². The van der Waals surface area contributed by atoms with Crippen molar-refractivity contribution in [3.05, 3.63) is 45.0 Å². The maximum absolute atomic E-state index is 13.9. The van der Waals surface area contributed by atoms with Crippen LogP contribution in [0.1, 0.15) is 32.4 Å². The van der Waals surface area contributed by atoms with E-state index in [2.05, 4.69) is 10.0 Å². The SMILES string of the molecule is CC(C)(C)OC(=O)N1CCO[C@@H](c2ccc(Cl)c(F)c2)[C@H](CN=[N+]=[N-])C1. The lowest BCUT2D eigenvalue weighted by molar-refractivity contribution is 0.0231. The third-order valence-electron chi connectivity index (χ3n) is 3.84. The minimum absolute atomic E-state index is 0.0179. The Morgan fingerprint density at radius 1 is 1.54 bits per heavy atom. The molecule has 1 heterocycles. The van der Waals surface area contributed by atoms with Crippen LogP contribution in [0.3, 0.4) is 0 Å². The first kappa shape index (κ1) is 20.3. The lowest BCUT2D eigenvalue weighted by Gasteiger charge is -2.29. The van der Waals surface area contributed by atoms with Crippen LogP contribution < -0.4 is 0 Å². The number of halogens is 2. The lowest BCUT2D eigenvalue weighted by Crippen LogP contribution is -2.40. The summed E-state index contributed by atoms with van der Waals surface area (Å²) < 4.78 is 25.1. The number of nitrogens with zero attached hydrogens (tertiary/aromatic N) is 4. The number of azide groups is 1. The average Bonchev–Trinajstić information content (AvgIpc) is 2.76. The van der Waals surface area contributed by atoms with E-state index in [9.17, 15) is 9.18 Å². The lowest BCUT2D eigenvalue weighted by atomic mass is 9.95. The highest BCUT2D eigenvalue weighted by Crippen LogP contribution is 2.32. The molecule has 0 spiro atoms. The average molecular weight is 385 g/mol. The number of carbonyl (C=O) groups is 1.